The maximum absolute atomic E-state index is 6.33. The fraction of sp³-hybridized carbons (Fsp3) is 0.280. The van der Waals surface area contributed by atoms with E-state index in [9.17, 15) is 0 Å². The maximum atomic E-state index is 6.33. The van der Waals surface area contributed by atoms with Crippen molar-refractivity contribution in [1.82, 2.24) is 19.9 Å². The average molecular weight is 464 g/mol. The molecule has 3 aromatic heterocycles. The first-order valence-corrected chi connectivity index (χ1v) is 11.1. The standard InChI is InChI=1S/C25H26ClN5O2/c1-16(2)17-6-8-18(9-7-17)28-24-19-10-11-21(23-20(26)5-4-12-27-23)29-25(19)31-22(30-24)15-33-14-13-32-3/h4-12,16H,13-15H2,1-3H3,(H,28,29,30,31). The molecule has 4 rings (SSSR count). The summed E-state index contributed by atoms with van der Waals surface area (Å²) in [6, 6.07) is 15.7. The number of halogens is 1. The van der Waals surface area contributed by atoms with Crippen molar-refractivity contribution in [3.05, 3.63) is 71.1 Å². The van der Waals surface area contributed by atoms with Gasteiger partial charge in [-0.1, -0.05) is 37.6 Å². The van der Waals surface area contributed by atoms with Gasteiger partial charge in [-0.3, -0.25) is 4.98 Å². The smallest absolute Gasteiger partial charge is 0.165 e. The Morgan fingerprint density at radius 3 is 2.52 bits per heavy atom. The zero-order valence-corrected chi connectivity index (χ0v) is 19.6. The highest BCUT2D eigenvalue weighted by atomic mass is 35.5. The van der Waals surface area contributed by atoms with Crippen molar-refractivity contribution in [2.24, 2.45) is 0 Å². The number of nitrogens with one attached hydrogen (secondary N) is 1. The topological polar surface area (TPSA) is 82.0 Å². The molecule has 0 spiro atoms. The van der Waals surface area contributed by atoms with Crippen LogP contribution >= 0.6 is 11.6 Å². The Hall–Kier alpha value is -3.13. The minimum Gasteiger partial charge on any atom is -0.382 e. The van der Waals surface area contributed by atoms with Crippen LogP contribution in [0.3, 0.4) is 0 Å². The molecule has 4 aromatic rings. The van der Waals surface area contributed by atoms with Crippen molar-refractivity contribution in [1.29, 1.82) is 0 Å². The fourth-order valence-corrected chi connectivity index (χ4v) is 3.53. The van der Waals surface area contributed by atoms with E-state index in [4.69, 9.17) is 31.0 Å². The summed E-state index contributed by atoms with van der Waals surface area (Å²) in [5.41, 5.74) is 4.00. The summed E-state index contributed by atoms with van der Waals surface area (Å²) in [5.74, 6) is 1.65. The van der Waals surface area contributed by atoms with Gasteiger partial charge in [0.2, 0.25) is 0 Å². The van der Waals surface area contributed by atoms with Crippen molar-refractivity contribution in [3.63, 3.8) is 0 Å². The number of benzene rings is 1. The van der Waals surface area contributed by atoms with Gasteiger partial charge in [-0.25, -0.2) is 15.0 Å². The highest BCUT2D eigenvalue weighted by Gasteiger charge is 2.13. The van der Waals surface area contributed by atoms with E-state index in [2.05, 4.69) is 41.3 Å². The van der Waals surface area contributed by atoms with Crippen LogP contribution in [-0.2, 0) is 16.1 Å². The summed E-state index contributed by atoms with van der Waals surface area (Å²) in [6.07, 6.45) is 1.69. The summed E-state index contributed by atoms with van der Waals surface area (Å²) in [4.78, 5) is 18.4. The molecular weight excluding hydrogens is 438 g/mol. The number of hydrogen-bond acceptors (Lipinski definition) is 7. The molecule has 0 aliphatic carbocycles. The molecule has 0 unspecified atom stereocenters. The van der Waals surface area contributed by atoms with Gasteiger partial charge < -0.3 is 14.8 Å². The van der Waals surface area contributed by atoms with Crippen LogP contribution in [0.25, 0.3) is 22.4 Å². The lowest BCUT2D eigenvalue weighted by atomic mass is 10.0. The Bertz CT molecular complexity index is 1230. The molecule has 0 atom stereocenters. The van der Waals surface area contributed by atoms with Crippen molar-refractivity contribution < 1.29 is 9.47 Å². The van der Waals surface area contributed by atoms with Gasteiger partial charge in [0.25, 0.3) is 0 Å². The lowest BCUT2D eigenvalue weighted by molar-refractivity contribution is 0.0588. The van der Waals surface area contributed by atoms with Gasteiger partial charge in [0.05, 0.1) is 29.3 Å². The van der Waals surface area contributed by atoms with Crippen LogP contribution in [-0.4, -0.2) is 40.3 Å². The largest absolute Gasteiger partial charge is 0.382 e. The zero-order valence-electron chi connectivity index (χ0n) is 18.9. The van der Waals surface area contributed by atoms with Gasteiger partial charge in [-0.05, 0) is 47.9 Å². The Kier molecular flexibility index (Phi) is 7.44. The van der Waals surface area contributed by atoms with Gasteiger partial charge in [-0.15, -0.1) is 0 Å². The van der Waals surface area contributed by atoms with Gasteiger partial charge in [-0.2, -0.15) is 0 Å². The first-order valence-electron chi connectivity index (χ1n) is 10.8. The SMILES string of the molecule is COCCOCc1nc(Nc2ccc(C(C)C)cc2)c2ccc(-c3ncccc3Cl)nc2n1. The quantitative estimate of drug-likeness (QED) is 0.315. The third-order valence-corrected chi connectivity index (χ3v) is 5.42. The van der Waals surface area contributed by atoms with E-state index < -0.39 is 0 Å². The van der Waals surface area contributed by atoms with Crippen LogP contribution in [0.4, 0.5) is 11.5 Å². The number of fused-ring (bicyclic) bond motifs is 1. The maximum Gasteiger partial charge on any atom is 0.165 e. The molecule has 0 bridgehead atoms. The molecule has 1 N–H and O–H groups in total. The monoisotopic (exact) mass is 463 g/mol. The predicted octanol–water partition coefficient (Wildman–Crippen LogP) is 5.77. The van der Waals surface area contributed by atoms with Gasteiger partial charge in [0.15, 0.2) is 11.5 Å². The van der Waals surface area contributed by atoms with Crippen LogP contribution in [0.5, 0.6) is 0 Å². The number of anilines is 2. The number of nitrogens with zero attached hydrogens (tertiary/aromatic N) is 4. The van der Waals surface area contributed by atoms with E-state index in [1.54, 1.807) is 25.4 Å². The molecular formula is C25H26ClN5O2. The second-order valence-electron chi connectivity index (χ2n) is 7.84. The lowest BCUT2D eigenvalue weighted by Gasteiger charge is -2.13. The third-order valence-electron chi connectivity index (χ3n) is 5.11. The molecule has 7 nitrogen and oxygen atoms in total. The number of ether oxygens (including phenoxy) is 2. The van der Waals surface area contributed by atoms with E-state index in [-0.39, 0.29) is 6.61 Å². The van der Waals surface area contributed by atoms with E-state index in [1.165, 1.54) is 5.56 Å². The third kappa shape index (κ3) is 5.63. The highest BCUT2D eigenvalue weighted by Crippen LogP contribution is 2.29. The number of rotatable bonds is 9. The molecule has 0 saturated carbocycles. The summed E-state index contributed by atoms with van der Waals surface area (Å²) < 4.78 is 10.7. The fourth-order valence-electron chi connectivity index (χ4n) is 3.31. The molecule has 170 valence electrons. The summed E-state index contributed by atoms with van der Waals surface area (Å²) in [6.45, 7) is 5.55. The predicted molar refractivity (Wildman–Crippen MR) is 131 cm³/mol. The number of pyridine rings is 2. The second kappa shape index (κ2) is 10.7. The first-order chi connectivity index (χ1) is 16.0. The molecule has 0 aliphatic heterocycles. The Balaban J connectivity index is 1.72. The minimum atomic E-state index is 0.247. The first kappa shape index (κ1) is 23.0. The molecule has 0 fully saturated rings. The molecule has 8 heteroatoms. The molecule has 0 radical (unpaired) electrons. The minimum absolute atomic E-state index is 0.247. The zero-order chi connectivity index (χ0) is 23.2. The lowest BCUT2D eigenvalue weighted by Crippen LogP contribution is -2.07. The van der Waals surface area contributed by atoms with Crippen LogP contribution in [0.2, 0.25) is 5.02 Å². The van der Waals surface area contributed by atoms with E-state index in [1.807, 2.05) is 24.3 Å². The van der Waals surface area contributed by atoms with E-state index in [0.717, 1.165) is 11.1 Å². The number of aromatic nitrogens is 4. The summed E-state index contributed by atoms with van der Waals surface area (Å²) >= 11 is 6.33. The summed E-state index contributed by atoms with van der Waals surface area (Å²) in [5, 5.41) is 4.74. The molecule has 33 heavy (non-hydrogen) atoms. The van der Waals surface area contributed by atoms with Crippen LogP contribution < -0.4 is 5.32 Å². The Labute approximate surface area is 198 Å². The molecule has 1 aromatic carbocycles. The highest BCUT2D eigenvalue weighted by molar-refractivity contribution is 6.32. The van der Waals surface area contributed by atoms with Crippen LogP contribution in [0.15, 0.2) is 54.7 Å². The van der Waals surface area contributed by atoms with Crippen molar-refractivity contribution in [2.75, 3.05) is 25.6 Å². The second-order valence-corrected chi connectivity index (χ2v) is 8.24. The Morgan fingerprint density at radius 1 is 0.970 bits per heavy atom. The van der Waals surface area contributed by atoms with E-state index in [0.29, 0.717) is 52.8 Å². The van der Waals surface area contributed by atoms with Crippen molar-refractivity contribution in [3.8, 4) is 11.4 Å². The normalized spacial score (nSPS) is 11.3. The van der Waals surface area contributed by atoms with Gasteiger partial charge in [0, 0.05) is 19.0 Å². The van der Waals surface area contributed by atoms with Gasteiger partial charge in [0.1, 0.15) is 18.1 Å². The molecule has 3 heterocycles. The summed E-state index contributed by atoms with van der Waals surface area (Å²) in [7, 11) is 1.64. The average Bonchev–Trinajstić information content (AvgIpc) is 2.82. The van der Waals surface area contributed by atoms with Crippen molar-refractivity contribution >= 4 is 34.1 Å². The van der Waals surface area contributed by atoms with Crippen LogP contribution in [0.1, 0.15) is 31.2 Å². The van der Waals surface area contributed by atoms with E-state index >= 15 is 0 Å². The molecule has 0 saturated heterocycles. The van der Waals surface area contributed by atoms with Gasteiger partial charge >= 0.3 is 0 Å². The number of hydrogen-bond donors (Lipinski definition) is 1. The Morgan fingerprint density at radius 2 is 1.79 bits per heavy atom. The van der Waals surface area contributed by atoms with Crippen molar-refractivity contribution in [2.45, 2.75) is 26.4 Å². The van der Waals surface area contributed by atoms with Crippen LogP contribution in [0, 0.1) is 0 Å². The molecule has 0 aliphatic rings. The molecule has 0 amide bonds. The number of methoxy groups -OCH3 is 1.